The van der Waals surface area contributed by atoms with Crippen molar-refractivity contribution in [1.29, 1.82) is 0 Å². The lowest BCUT2D eigenvalue weighted by Crippen LogP contribution is -2.25. The molecule has 0 amide bonds. The Morgan fingerprint density at radius 3 is 1.66 bits per heavy atom. The third kappa shape index (κ3) is 3.73. The second-order valence-corrected chi connectivity index (χ2v) is 15.3. The van der Waals surface area contributed by atoms with Crippen molar-refractivity contribution < 1.29 is 4.42 Å². The summed E-state index contributed by atoms with van der Waals surface area (Å²) in [4.78, 5) is 4.73. The van der Waals surface area contributed by atoms with Crippen LogP contribution in [0, 0.1) is 0 Å². The maximum Gasteiger partial charge on any atom is 0.136 e. The molecule has 11 aromatic rings. The van der Waals surface area contributed by atoms with Gasteiger partial charge in [-0.2, -0.15) is 0 Å². The topological polar surface area (TPSA) is 26.0 Å². The highest BCUT2D eigenvalue weighted by molar-refractivity contribution is 6.23. The number of hydrogen-bond acceptors (Lipinski definition) is 2. The van der Waals surface area contributed by atoms with Crippen LogP contribution in [0.15, 0.2) is 193 Å². The molecule has 0 fully saturated rings. The van der Waals surface area contributed by atoms with E-state index < -0.39 is 5.41 Å². The van der Waals surface area contributed by atoms with Crippen molar-refractivity contribution in [1.82, 2.24) is 4.98 Å². The highest BCUT2D eigenvalue weighted by atomic mass is 16.3. The summed E-state index contributed by atoms with van der Waals surface area (Å²) in [7, 11) is 0. The number of pyridine rings is 1. The van der Waals surface area contributed by atoms with Crippen molar-refractivity contribution >= 4 is 54.4 Å². The van der Waals surface area contributed by atoms with E-state index in [0.717, 1.165) is 32.8 Å². The second kappa shape index (κ2) is 10.9. The van der Waals surface area contributed by atoms with Gasteiger partial charge in [0.25, 0.3) is 0 Å². The fourth-order valence-electron chi connectivity index (χ4n) is 10.6. The fraction of sp³-hybridized carbons (Fsp3) is 0.0185. The first-order valence-corrected chi connectivity index (χ1v) is 19.4. The minimum atomic E-state index is -0.498. The molecule has 56 heavy (non-hydrogen) atoms. The molecule has 1 atom stereocenters. The molecule has 0 N–H and O–H groups in total. The summed E-state index contributed by atoms with van der Waals surface area (Å²) < 4.78 is 6.50. The van der Waals surface area contributed by atoms with E-state index in [1.807, 2.05) is 12.3 Å². The van der Waals surface area contributed by atoms with Crippen LogP contribution in [0.25, 0.3) is 98.9 Å². The van der Waals surface area contributed by atoms with Gasteiger partial charge in [0.05, 0.1) is 10.9 Å². The Labute approximate surface area is 322 Å². The Morgan fingerprint density at radius 1 is 0.339 bits per heavy atom. The minimum Gasteiger partial charge on any atom is -0.456 e. The Bertz CT molecular complexity index is 3430. The summed E-state index contributed by atoms with van der Waals surface area (Å²) in [5.41, 5.74) is 17.7. The number of furan rings is 1. The quantitative estimate of drug-likeness (QED) is 0.167. The van der Waals surface area contributed by atoms with Gasteiger partial charge in [-0.15, -0.1) is 0 Å². The first kappa shape index (κ1) is 30.1. The summed E-state index contributed by atoms with van der Waals surface area (Å²) in [5.74, 6) is 0. The summed E-state index contributed by atoms with van der Waals surface area (Å²) in [6.45, 7) is 0. The van der Waals surface area contributed by atoms with Crippen LogP contribution in [0.1, 0.15) is 22.3 Å². The van der Waals surface area contributed by atoms with Crippen LogP contribution >= 0.6 is 0 Å². The summed E-state index contributed by atoms with van der Waals surface area (Å²) in [6.07, 6.45) is 1.88. The van der Waals surface area contributed by atoms with Crippen molar-refractivity contribution in [3.63, 3.8) is 0 Å². The second-order valence-electron chi connectivity index (χ2n) is 15.3. The number of rotatable bonds is 2. The molecule has 2 nitrogen and oxygen atoms in total. The van der Waals surface area contributed by atoms with E-state index in [4.69, 9.17) is 9.40 Å². The lowest BCUT2D eigenvalue weighted by atomic mass is 9.70. The van der Waals surface area contributed by atoms with E-state index in [1.54, 1.807) is 0 Å². The van der Waals surface area contributed by atoms with E-state index >= 15 is 0 Å². The standard InChI is InChI=1S/C54H31NO/c1-3-18-41-39(16-1)52(40-17-2-4-19-42(40)53(41)38-20-11-24-49-36(38)21-12-28-55-49)32-26-27-35-33-13-5-8-22-45(33)54(47(35)29-32)46-23-9-6-14-34(46)43-31-51-44(30-48(43)54)37-15-7-10-25-50(37)56-51/h1-31H. The van der Waals surface area contributed by atoms with Crippen LogP contribution in [-0.4, -0.2) is 4.98 Å². The van der Waals surface area contributed by atoms with E-state index in [-0.39, 0.29) is 0 Å². The van der Waals surface area contributed by atoms with Crippen LogP contribution in [-0.2, 0) is 5.41 Å². The number of para-hydroxylation sites is 1. The van der Waals surface area contributed by atoms with Crippen molar-refractivity contribution in [3.05, 3.63) is 210 Å². The molecule has 13 rings (SSSR count). The first-order chi connectivity index (χ1) is 27.8. The minimum absolute atomic E-state index is 0.498. The van der Waals surface area contributed by atoms with Crippen molar-refractivity contribution in [2.45, 2.75) is 5.41 Å². The van der Waals surface area contributed by atoms with Gasteiger partial charge >= 0.3 is 0 Å². The fourth-order valence-corrected chi connectivity index (χ4v) is 10.6. The average Bonchev–Trinajstić information content (AvgIpc) is 3.88. The maximum atomic E-state index is 6.50. The van der Waals surface area contributed by atoms with Crippen LogP contribution in [0.3, 0.4) is 0 Å². The molecular weight excluding hydrogens is 679 g/mol. The van der Waals surface area contributed by atoms with Crippen molar-refractivity contribution in [2.75, 3.05) is 0 Å². The molecule has 9 aromatic carbocycles. The van der Waals surface area contributed by atoms with Gasteiger partial charge in [0, 0.05) is 22.4 Å². The van der Waals surface area contributed by atoms with Crippen molar-refractivity contribution in [3.8, 4) is 44.5 Å². The maximum absolute atomic E-state index is 6.50. The molecule has 0 bridgehead atoms. The van der Waals surface area contributed by atoms with Gasteiger partial charge < -0.3 is 4.42 Å². The molecule has 0 saturated heterocycles. The third-order valence-electron chi connectivity index (χ3n) is 12.7. The summed E-state index contributed by atoms with van der Waals surface area (Å²) in [6, 6.07) is 67.2. The molecule has 2 aliphatic carbocycles. The van der Waals surface area contributed by atoms with Crippen LogP contribution < -0.4 is 0 Å². The smallest absolute Gasteiger partial charge is 0.136 e. The molecule has 0 saturated carbocycles. The Kier molecular flexibility index (Phi) is 5.86. The van der Waals surface area contributed by atoms with Crippen molar-refractivity contribution in [2.24, 2.45) is 0 Å². The predicted molar refractivity (Wildman–Crippen MR) is 231 cm³/mol. The molecular formula is C54H31NO. The SMILES string of the molecule is c1ccc2c(c1)-c1ccc(-c3c4ccccc4c(-c4cccc5ncccc45)c4ccccc34)cc1C21c2ccccc2-c2cc3oc4ccccc4c3cc21. The highest BCUT2D eigenvalue weighted by Crippen LogP contribution is 2.64. The molecule has 2 heterocycles. The van der Waals surface area contributed by atoms with Gasteiger partial charge in [-0.1, -0.05) is 146 Å². The summed E-state index contributed by atoms with van der Waals surface area (Å²) in [5, 5.41) is 8.43. The van der Waals surface area contributed by atoms with Gasteiger partial charge in [-0.3, -0.25) is 4.98 Å². The Morgan fingerprint density at radius 2 is 0.911 bits per heavy atom. The highest BCUT2D eigenvalue weighted by Gasteiger charge is 2.52. The number of aromatic nitrogens is 1. The Balaban J connectivity index is 1.14. The molecule has 1 spiro atoms. The van der Waals surface area contributed by atoms with Gasteiger partial charge in [0.15, 0.2) is 0 Å². The van der Waals surface area contributed by atoms with Crippen LogP contribution in [0.4, 0.5) is 0 Å². The predicted octanol–water partition coefficient (Wildman–Crippen LogP) is 14.1. The largest absolute Gasteiger partial charge is 0.456 e. The molecule has 2 heteroatoms. The van der Waals surface area contributed by atoms with Gasteiger partial charge in [0.1, 0.15) is 11.2 Å². The first-order valence-electron chi connectivity index (χ1n) is 19.4. The van der Waals surface area contributed by atoms with Gasteiger partial charge in [-0.25, -0.2) is 0 Å². The number of nitrogens with zero attached hydrogens (tertiary/aromatic N) is 1. The zero-order valence-electron chi connectivity index (χ0n) is 30.3. The zero-order chi connectivity index (χ0) is 36.5. The molecule has 258 valence electrons. The Hall–Kier alpha value is -7.29. The number of fused-ring (bicyclic) bond motifs is 16. The van der Waals surface area contributed by atoms with Crippen LogP contribution in [0.2, 0.25) is 0 Å². The lowest BCUT2D eigenvalue weighted by Gasteiger charge is -2.31. The van der Waals surface area contributed by atoms with E-state index in [9.17, 15) is 0 Å². The van der Waals surface area contributed by atoms with Crippen LogP contribution in [0.5, 0.6) is 0 Å². The van der Waals surface area contributed by atoms with Gasteiger partial charge in [0.2, 0.25) is 0 Å². The van der Waals surface area contributed by atoms with E-state index in [0.29, 0.717) is 0 Å². The summed E-state index contributed by atoms with van der Waals surface area (Å²) >= 11 is 0. The monoisotopic (exact) mass is 709 g/mol. The average molecular weight is 710 g/mol. The zero-order valence-corrected chi connectivity index (χ0v) is 30.3. The van der Waals surface area contributed by atoms with E-state index in [2.05, 4.69) is 176 Å². The lowest BCUT2D eigenvalue weighted by molar-refractivity contribution is 0.669. The molecule has 2 aliphatic rings. The van der Waals surface area contributed by atoms with E-state index in [1.165, 1.54) is 88.3 Å². The molecule has 2 aromatic heterocycles. The van der Waals surface area contributed by atoms with Gasteiger partial charge in [-0.05, 0) is 125 Å². The number of benzene rings is 9. The molecule has 1 unspecified atom stereocenters. The number of hydrogen-bond donors (Lipinski definition) is 0. The normalized spacial score (nSPS) is 15.2. The molecule has 0 radical (unpaired) electrons. The molecule has 0 aliphatic heterocycles. The third-order valence-corrected chi connectivity index (χ3v) is 12.7.